The van der Waals surface area contributed by atoms with Crippen molar-refractivity contribution in [3.8, 4) is 0 Å². The summed E-state index contributed by atoms with van der Waals surface area (Å²) in [4.78, 5) is 16.1. The van der Waals surface area contributed by atoms with Gasteiger partial charge in [0, 0.05) is 19.7 Å². The Morgan fingerprint density at radius 2 is 2.17 bits per heavy atom. The number of fused-ring (bicyclic) bond motifs is 1. The Labute approximate surface area is 106 Å². The van der Waals surface area contributed by atoms with E-state index >= 15 is 0 Å². The van der Waals surface area contributed by atoms with Gasteiger partial charge >= 0.3 is 0 Å². The number of ketones is 1. The van der Waals surface area contributed by atoms with Gasteiger partial charge in [0.15, 0.2) is 5.78 Å². The third kappa shape index (κ3) is 2.08. The summed E-state index contributed by atoms with van der Waals surface area (Å²) in [6, 6.07) is 6.43. The molecular weight excluding hydrogens is 224 g/mol. The Morgan fingerprint density at radius 3 is 2.94 bits per heavy atom. The smallest absolute Gasteiger partial charge is 0.187 e. The number of imidazole rings is 1. The molecule has 1 aromatic heterocycles. The van der Waals surface area contributed by atoms with Gasteiger partial charge in [0.25, 0.3) is 0 Å². The summed E-state index contributed by atoms with van der Waals surface area (Å²) in [6.07, 6.45) is 7.47. The summed E-state index contributed by atoms with van der Waals surface area (Å²) < 4.78 is 1.80. The van der Waals surface area contributed by atoms with Crippen molar-refractivity contribution in [2.45, 2.75) is 25.7 Å². The van der Waals surface area contributed by atoms with Gasteiger partial charge in [0.05, 0.1) is 6.33 Å². The minimum Gasteiger partial charge on any atom is -0.340 e. The Morgan fingerprint density at radius 1 is 1.33 bits per heavy atom. The molecule has 0 N–H and O–H groups in total. The van der Waals surface area contributed by atoms with Gasteiger partial charge in [0.2, 0.25) is 0 Å². The van der Waals surface area contributed by atoms with E-state index in [2.05, 4.69) is 23.2 Å². The van der Waals surface area contributed by atoms with E-state index in [1.807, 2.05) is 7.05 Å². The Balaban J connectivity index is 1.78. The number of hydrogen-bond donors (Lipinski definition) is 0. The standard InChI is InChI=1S/C15H16N2O/c1-17-9-14(16-10-17)15(18)8-11-5-6-12-3-2-4-13(12)7-11/h5-7,9-10H,2-4,8H2,1H3. The van der Waals surface area contributed by atoms with Gasteiger partial charge < -0.3 is 4.57 Å². The summed E-state index contributed by atoms with van der Waals surface area (Å²) in [7, 11) is 1.87. The number of carbonyl (C=O) groups excluding carboxylic acids is 1. The molecule has 0 aliphatic heterocycles. The van der Waals surface area contributed by atoms with Crippen LogP contribution in [0, 0.1) is 0 Å². The molecule has 1 heterocycles. The quantitative estimate of drug-likeness (QED) is 0.772. The number of carbonyl (C=O) groups is 1. The van der Waals surface area contributed by atoms with Gasteiger partial charge in [-0.1, -0.05) is 18.2 Å². The van der Waals surface area contributed by atoms with Gasteiger partial charge in [-0.25, -0.2) is 4.98 Å². The number of aromatic nitrogens is 2. The van der Waals surface area contributed by atoms with Crippen LogP contribution in [0.1, 0.15) is 33.6 Å². The van der Waals surface area contributed by atoms with Gasteiger partial charge in [-0.15, -0.1) is 0 Å². The molecule has 0 spiro atoms. The maximum absolute atomic E-state index is 12.1. The third-order valence-corrected chi connectivity index (χ3v) is 3.52. The van der Waals surface area contributed by atoms with Crippen molar-refractivity contribution in [2.24, 2.45) is 7.05 Å². The summed E-state index contributed by atoms with van der Waals surface area (Å²) >= 11 is 0. The van der Waals surface area contributed by atoms with E-state index in [1.165, 1.54) is 24.0 Å². The lowest BCUT2D eigenvalue weighted by atomic mass is 10.0. The molecule has 0 amide bonds. The molecule has 0 fully saturated rings. The molecule has 0 radical (unpaired) electrons. The molecule has 3 heteroatoms. The van der Waals surface area contributed by atoms with E-state index < -0.39 is 0 Å². The molecule has 0 saturated heterocycles. The first kappa shape index (κ1) is 11.2. The first-order valence-corrected chi connectivity index (χ1v) is 6.34. The Hall–Kier alpha value is -1.90. The van der Waals surface area contributed by atoms with E-state index in [1.54, 1.807) is 17.1 Å². The average Bonchev–Trinajstić information content (AvgIpc) is 2.96. The normalized spacial score (nSPS) is 13.6. The van der Waals surface area contributed by atoms with E-state index in [9.17, 15) is 4.79 Å². The van der Waals surface area contributed by atoms with Crippen LogP contribution in [-0.2, 0) is 26.3 Å². The van der Waals surface area contributed by atoms with Crippen LogP contribution in [0.15, 0.2) is 30.7 Å². The molecule has 3 rings (SSSR count). The van der Waals surface area contributed by atoms with Gasteiger partial charge in [-0.2, -0.15) is 0 Å². The predicted molar refractivity (Wildman–Crippen MR) is 69.7 cm³/mol. The SMILES string of the molecule is Cn1cnc(C(=O)Cc2ccc3c(c2)CCC3)c1. The van der Waals surface area contributed by atoms with Crippen molar-refractivity contribution in [1.82, 2.24) is 9.55 Å². The zero-order valence-corrected chi connectivity index (χ0v) is 10.5. The highest BCUT2D eigenvalue weighted by Crippen LogP contribution is 2.23. The first-order chi connectivity index (χ1) is 8.72. The third-order valence-electron chi connectivity index (χ3n) is 3.52. The molecule has 3 nitrogen and oxygen atoms in total. The lowest BCUT2D eigenvalue weighted by Gasteiger charge is -2.03. The molecule has 0 unspecified atom stereocenters. The van der Waals surface area contributed by atoms with Crippen LogP contribution in [0.2, 0.25) is 0 Å². The van der Waals surface area contributed by atoms with Gasteiger partial charge in [-0.05, 0) is 36.0 Å². The summed E-state index contributed by atoms with van der Waals surface area (Å²) in [5.41, 5.74) is 4.52. The lowest BCUT2D eigenvalue weighted by molar-refractivity contribution is 0.0988. The van der Waals surface area contributed by atoms with Crippen molar-refractivity contribution in [3.05, 3.63) is 53.1 Å². The number of rotatable bonds is 3. The number of Topliss-reactive ketones (excluding diaryl/α,β-unsaturated/α-hetero) is 1. The van der Waals surface area contributed by atoms with E-state index in [-0.39, 0.29) is 5.78 Å². The fourth-order valence-electron chi connectivity index (χ4n) is 2.57. The van der Waals surface area contributed by atoms with Gasteiger partial charge in [-0.3, -0.25) is 4.79 Å². The second-order valence-corrected chi connectivity index (χ2v) is 4.98. The number of hydrogen-bond acceptors (Lipinski definition) is 2. The number of aryl methyl sites for hydroxylation is 3. The Kier molecular flexibility index (Phi) is 2.74. The molecule has 0 bridgehead atoms. The summed E-state index contributed by atoms with van der Waals surface area (Å²) in [6.45, 7) is 0. The fraction of sp³-hybridized carbons (Fsp3) is 0.333. The second-order valence-electron chi connectivity index (χ2n) is 4.98. The zero-order valence-electron chi connectivity index (χ0n) is 10.5. The highest BCUT2D eigenvalue weighted by atomic mass is 16.1. The predicted octanol–water partition coefficient (Wildman–Crippen LogP) is 2.33. The van der Waals surface area contributed by atoms with Crippen molar-refractivity contribution in [2.75, 3.05) is 0 Å². The van der Waals surface area contributed by atoms with Crippen LogP contribution < -0.4 is 0 Å². The van der Waals surface area contributed by atoms with Crippen LogP contribution in [-0.4, -0.2) is 15.3 Å². The van der Waals surface area contributed by atoms with Crippen LogP contribution >= 0.6 is 0 Å². The van der Waals surface area contributed by atoms with Crippen molar-refractivity contribution >= 4 is 5.78 Å². The molecule has 2 aromatic rings. The average molecular weight is 240 g/mol. The maximum atomic E-state index is 12.1. The monoisotopic (exact) mass is 240 g/mol. The Bertz CT molecular complexity index is 598. The highest BCUT2D eigenvalue weighted by Gasteiger charge is 2.14. The van der Waals surface area contributed by atoms with Crippen molar-refractivity contribution < 1.29 is 4.79 Å². The number of nitrogens with zero attached hydrogens (tertiary/aromatic N) is 2. The van der Waals surface area contributed by atoms with Gasteiger partial charge in [0.1, 0.15) is 5.69 Å². The molecule has 18 heavy (non-hydrogen) atoms. The molecule has 0 saturated carbocycles. The van der Waals surface area contributed by atoms with Crippen molar-refractivity contribution in [1.29, 1.82) is 0 Å². The molecule has 1 aliphatic carbocycles. The molecule has 92 valence electrons. The zero-order chi connectivity index (χ0) is 12.5. The number of benzene rings is 1. The molecular formula is C15H16N2O. The summed E-state index contributed by atoms with van der Waals surface area (Å²) in [5, 5.41) is 0. The minimum absolute atomic E-state index is 0.0912. The molecule has 1 aliphatic rings. The molecule has 0 atom stereocenters. The lowest BCUT2D eigenvalue weighted by Crippen LogP contribution is -2.04. The second kappa shape index (κ2) is 4.41. The minimum atomic E-state index is 0.0912. The topological polar surface area (TPSA) is 34.9 Å². The van der Waals surface area contributed by atoms with Crippen molar-refractivity contribution in [3.63, 3.8) is 0 Å². The highest BCUT2D eigenvalue weighted by molar-refractivity contribution is 5.95. The van der Waals surface area contributed by atoms with E-state index in [0.717, 1.165) is 12.0 Å². The van der Waals surface area contributed by atoms with Crippen LogP contribution in [0.5, 0.6) is 0 Å². The van der Waals surface area contributed by atoms with E-state index in [0.29, 0.717) is 12.1 Å². The van der Waals surface area contributed by atoms with Crippen LogP contribution in [0.4, 0.5) is 0 Å². The largest absolute Gasteiger partial charge is 0.340 e. The first-order valence-electron chi connectivity index (χ1n) is 6.34. The van der Waals surface area contributed by atoms with Crippen LogP contribution in [0.25, 0.3) is 0 Å². The fourth-order valence-corrected chi connectivity index (χ4v) is 2.57. The maximum Gasteiger partial charge on any atom is 0.187 e. The molecule has 1 aromatic carbocycles. The van der Waals surface area contributed by atoms with Crippen LogP contribution in [0.3, 0.4) is 0 Å². The summed E-state index contributed by atoms with van der Waals surface area (Å²) in [5.74, 6) is 0.0912. The van der Waals surface area contributed by atoms with E-state index in [4.69, 9.17) is 0 Å².